The van der Waals surface area contributed by atoms with Crippen LogP contribution in [0, 0.1) is 0 Å². The van der Waals surface area contributed by atoms with Crippen LogP contribution in [0.4, 0.5) is 5.82 Å². The summed E-state index contributed by atoms with van der Waals surface area (Å²) in [5.41, 5.74) is 5.81. The summed E-state index contributed by atoms with van der Waals surface area (Å²) in [4.78, 5) is 15.8. The van der Waals surface area contributed by atoms with Crippen LogP contribution in [0.3, 0.4) is 0 Å². The van der Waals surface area contributed by atoms with Gasteiger partial charge in [0.1, 0.15) is 24.1 Å². The minimum absolute atomic E-state index is 0.170. The van der Waals surface area contributed by atoms with Crippen molar-refractivity contribution in [1.29, 1.82) is 0 Å². The van der Waals surface area contributed by atoms with E-state index in [-0.39, 0.29) is 5.82 Å². The summed E-state index contributed by atoms with van der Waals surface area (Å²) in [5.74, 6) is 0.170. The SMILES string of the molecule is CCCCCc1cn([C@@H]2O[C@H](CO)[C@@H](O)[C@@H]2O)c(=O)nc1N. The predicted octanol–water partition coefficient (Wildman–Crippen LogP) is -0.830. The summed E-state index contributed by atoms with van der Waals surface area (Å²) < 4.78 is 6.48. The van der Waals surface area contributed by atoms with Gasteiger partial charge in [0.15, 0.2) is 6.23 Å². The van der Waals surface area contributed by atoms with E-state index >= 15 is 0 Å². The number of rotatable bonds is 6. The fraction of sp³-hybridized carbons (Fsp3) is 0.714. The van der Waals surface area contributed by atoms with Crippen molar-refractivity contribution in [3.05, 3.63) is 22.2 Å². The molecule has 1 fully saturated rings. The third-order valence-electron chi connectivity index (χ3n) is 3.90. The van der Waals surface area contributed by atoms with Crippen LogP contribution in [-0.2, 0) is 11.2 Å². The normalized spacial score (nSPS) is 28.2. The number of hydrogen-bond acceptors (Lipinski definition) is 7. The summed E-state index contributed by atoms with van der Waals surface area (Å²) in [6, 6.07) is 0. The highest BCUT2D eigenvalue weighted by Crippen LogP contribution is 2.28. The molecular weight excluding hydrogens is 290 g/mol. The Labute approximate surface area is 128 Å². The number of nitrogen functional groups attached to an aromatic ring is 1. The lowest BCUT2D eigenvalue weighted by molar-refractivity contribution is -0.0550. The molecule has 5 N–H and O–H groups in total. The maximum atomic E-state index is 12.0. The Morgan fingerprint density at radius 3 is 2.68 bits per heavy atom. The molecule has 0 bridgehead atoms. The number of aryl methyl sites for hydroxylation is 1. The molecule has 0 amide bonds. The molecule has 0 aromatic carbocycles. The molecule has 22 heavy (non-hydrogen) atoms. The Morgan fingerprint density at radius 2 is 2.09 bits per heavy atom. The van der Waals surface area contributed by atoms with Gasteiger partial charge in [-0.25, -0.2) is 4.79 Å². The van der Waals surface area contributed by atoms with E-state index in [1.165, 1.54) is 6.20 Å². The molecule has 124 valence electrons. The van der Waals surface area contributed by atoms with Gasteiger partial charge in [-0.15, -0.1) is 0 Å². The second kappa shape index (κ2) is 7.19. The van der Waals surface area contributed by atoms with Crippen molar-refractivity contribution in [2.24, 2.45) is 0 Å². The van der Waals surface area contributed by atoms with Crippen molar-refractivity contribution in [2.75, 3.05) is 12.3 Å². The third-order valence-corrected chi connectivity index (χ3v) is 3.90. The van der Waals surface area contributed by atoms with E-state index < -0.39 is 36.8 Å². The molecule has 0 saturated carbocycles. The summed E-state index contributed by atoms with van der Waals surface area (Å²) >= 11 is 0. The molecule has 1 saturated heterocycles. The molecule has 1 aromatic rings. The van der Waals surface area contributed by atoms with Gasteiger partial charge in [-0.2, -0.15) is 4.98 Å². The number of aromatic nitrogens is 2. The lowest BCUT2D eigenvalue weighted by Gasteiger charge is -2.18. The van der Waals surface area contributed by atoms with Crippen LogP contribution in [0.1, 0.15) is 38.0 Å². The molecule has 1 aliphatic heterocycles. The first-order valence-electron chi connectivity index (χ1n) is 7.49. The van der Waals surface area contributed by atoms with E-state index in [0.29, 0.717) is 12.0 Å². The number of hydrogen-bond donors (Lipinski definition) is 4. The number of aliphatic hydroxyl groups excluding tert-OH is 3. The zero-order valence-electron chi connectivity index (χ0n) is 12.6. The summed E-state index contributed by atoms with van der Waals surface area (Å²) in [7, 11) is 0. The van der Waals surface area contributed by atoms with Crippen molar-refractivity contribution >= 4 is 5.82 Å². The number of aliphatic hydroxyl groups is 3. The molecule has 8 nitrogen and oxygen atoms in total. The van der Waals surface area contributed by atoms with E-state index in [4.69, 9.17) is 15.6 Å². The monoisotopic (exact) mass is 313 g/mol. The van der Waals surface area contributed by atoms with Gasteiger partial charge in [0.2, 0.25) is 0 Å². The zero-order chi connectivity index (χ0) is 16.3. The van der Waals surface area contributed by atoms with Gasteiger partial charge in [-0.3, -0.25) is 4.57 Å². The molecule has 2 rings (SSSR count). The summed E-state index contributed by atoms with van der Waals surface area (Å²) in [5, 5.41) is 28.9. The van der Waals surface area contributed by atoms with Crippen LogP contribution >= 0.6 is 0 Å². The molecule has 0 radical (unpaired) electrons. The van der Waals surface area contributed by atoms with Gasteiger partial charge in [0, 0.05) is 11.8 Å². The lowest BCUT2D eigenvalue weighted by atomic mass is 10.1. The Kier molecular flexibility index (Phi) is 5.52. The Bertz CT molecular complexity index is 562. The maximum Gasteiger partial charge on any atom is 0.351 e. The van der Waals surface area contributed by atoms with Crippen LogP contribution in [0.5, 0.6) is 0 Å². The van der Waals surface area contributed by atoms with E-state index in [1.807, 2.05) is 0 Å². The second-order valence-corrected chi connectivity index (χ2v) is 5.53. The second-order valence-electron chi connectivity index (χ2n) is 5.53. The van der Waals surface area contributed by atoms with Crippen molar-refractivity contribution in [2.45, 2.75) is 57.1 Å². The highest BCUT2D eigenvalue weighted by molar-refractivity contribution is 5.36. The first-order chi connectivity index (χ1) is 10.5. The number of unbranched alkanes of at least 4 members (excludes halogenated alkanes) is 2. The van der Waals surface area contributed by atoms with Gasteiger partial charge in [0.25, 0.3) is 0 Å². The van der Waals surface area contributed by atoms with Crippen LogP contribution < -0.4 is 11.4 Å². The average molecular weight is 313 g/mol. The van der Waals surface area contributed by atoms with Crippen LogP contribution in [-0.4, -0.2) is 49.8 Å². The quantitative estimate of drug-likeness (QED) is 0.504. The fourth-order valence-corrected chi connectivity index (χ4v) is 2.57. The number of nitrogens with zero attached hydrogens (tertiary/aromatic N) is 2. The highest BCUT2D eigenvalue weighted by atomic mass is 16.6. The number of nitrogens with two attached hydrogens (primary N) is 1. The van der Waals surface area contributed by atoms with Crippen molar-refractivity contribution in [3.63, 3.8) is 0 Å². The molecule has 4 atom stereocenters. The van der Waals surface area contributed by atoms with E-state index in [1.54, 1.807) is 0 Å². The number of ether oxygens (including phenoxy) is 1. The molecule has 8 heteroatoms. The third kappa shape index (κ3) is 3.30. The average Bonchev–Trinajstić information content (AvgIpc) is 2.77. The van der Waals surface area contributed by atoms with Crippen molar-refractivity contribution in [3.8, 4) is 0 Å². The van der Waals surface area contributed by atoms with Crippen LogP contribution in [0.15, 0.2) is 11.0 Å². The minimum Gasteiger partial charge on any atom is -0.394 e. The van der Waals surface area contributed by atoms with Gasteiger partial charge >= 0.3 is 5.69 Å². The minimum atomic E-state index is -1.32. The lowest BCUT2D eigenvalue weighted by Crippen LogP contribution is -2.36. The van der Waals surface area contributed by atoms with E-state index in [0.717, 1.165) is 23.8 Å². The van der Waals surface area contributed by atoms with Gasteiger partial charge in [-0.1, -0.05) is 19.8 Å². The van der Waals surface area contributed by atoms with Gasteiger partial charge in [-0.05, 0) is 12.8 Å². The molecule has 2 heterocycles. The molecule has 1 aliphatic rings. The van der Waals surface area contributed by atoms with Crippen LogP contribution in [0.2, 0.25) is 0 Å². The number of anilines is 1. The van der Waals surface area contributed by atoms with Crippen LogP contribution in [0.25, 0.3) is 0 Å². The van der Waals surface area contributed by atoms with Gasteiger partial charge < -0.3 is 25.8 Å². The standard InChI is InChI=1S/C14H23N3O5/c1-2-3-4-5-8-6-17(14(21)16-12(8)15)13-11(20)10(19)9(7-18)22-13/h6,9-11,13,18-20H,2-5,7H2,1H3,(H2,15,16,21)/t9-,10-,11+,13-/m1/s1. The molecule has 0 unspecified atom stereocenters. The summed E-state index contributed by atoms with van der Waals surface area (Å²) in [6.45, 7) is 1.64. The Morgan fingerprint density at radius 1 is 1.36 bits per heavy atom. The molecular formula is C14H23N3O5. The first kappa shape index (κ1) is 16.9. The fourth-order valence-electron chi connectivity index (χ4n) is 2.57. The Balaban J connectivity index is 2.27. The van der Waals surface area contributed by atoms with Crippen molar-refractivity contribution in [1.82, 2.24) is 9.55 Å². The van der Waals surface area contributed by atoms with E-state index in [2.05, 4.69) is 11.9 Å². The molecule has 0 spiro atoms. The highest BCUT2D eigenvalue weighted by Gasteiger charge is 2.43. The molecule has 1 aromatic heterocycles. The zero-order valence-corrected chi connectivity index (χ0v) is 12.6. The topological polar surface area (TPSA) is 131 Å². The maximum absolute atomic E-state index is 12.0. The Hall–Kier alpha value is -1.48. The summed E-state index contributed by atoms with van der Waals surface area (Å²) in [6.07, 6.45) is 0.588. The first-order valence-corrected chi connectivity index (χ1v) is 7.49. The van der Waals surface area contributed by atoms with Gasteiger partial charge in [0.05, 0.1) is 6.61 Å². The van der Waals surface area contributed by atoms with E-state index in [9.17, 15) is 15.0 Å². The predicted molar refractivity (Wildman–Crippen MR) is 79.1 cm³/mol. The molecule has 0 aliphatic carbocycles. The largest absolute Gasteiger partial charge is 0.394 e. The smallest absolute Gasteiger partial charge is 0.351 e. The van der Waals surface area contributed by atoms with Crippen molar-refractivity contribution < 1.29 is 20.1 Å².